The van der Waals surface area contributed by atoms with E-state index < -0.39 is 0 Å². The van der Waals surface area contributed by atoms with Gasteiger partial charge < -0.3 is 15.5 Å². The van der Waals surface area contributed by atoms with Crippen LogP contribution in [-0.4, -0.2) is 25.7 Å². The summed E-state index contributed by atoms with van der Waals surface area (Å²) in [6, 6.07) is 7.06. The summed E-state index contributed by atoms with van der Waals surface area (Å²) in [5.74, 6) is 5.65. The normalized spacial score (nSPS) is 19.3. The Bertz CT molecular complexity index is 386. The molecule has 5 nitrogen and oxygen atoms in total. The number of hydrazine groups is 1. The van der Waals surface area contributed by atoms with E-state index >= 15 is 0 Å². The molecule has 5 heteroatoms. The van der Waals surface area contributed by atoms with Crippen molar-refractivity contribution in [3.8, 4) is 0 Å². The molecule has 1 atom stereocenters. The number of nitrogens with two attached hydrogens (primary N) is 1. The van der Waals surface area contributed by atoms with Crippen molar-refractivity contribution in [3.05, 3.63) is 29.8 Å². The fourth-order valence-corrected chi connectivity index (χ4v) is 2.03. The van der Waals surface area contributed by atoms with Crippen LogP contribution in [0.15, 0.2) is 24.3 Å². The predicted octanol–water partition coefficient (Wildman–Crippen LogP) is 1.13. The van der Waals surface area contributed by atoms with Crippen LogP contribution in [0.1, 0.15) is 23.2 Å². The second-order valence-corrected chi connectivity index (χ2v) is 4.51. The van der Waals surface area contributed by atoms with E-state index in [4.69, 9.17) is 10.6 Å². The van der Waals surface area contributed by atoms with Gasteiger partial charge in [-0.3, -0.25) is 10.6 Å². The van der Waals surface area contributed by atoms with Crippen LogP contribution in [0.4, 0.5) is 5.69 Å². The molecule has 0 saturated carbocycles. The molecule has 98 valence electrons. The lowest BCUT2D eigenvalue weighted by Crippen LogP contribution is -2.33. The molecule has 4 N–H and O–H groups in total. The van der Waals surface area contributed by atoms with E-state index in [0.717, 1.165) is 31.7 Å². The third-order valence-electron chi connectivity index (χ3n) is 3.12. The smallest absolute Gasteiger partial charge is 0.251 e. The van der Waals surface area contributed by atoms with Gasteiger partial charge in [-0.2, -0.15) is 0 Å². The average Bonchev–Trinajstić information content (AvgIpc) is 2.46. The van der Waals surface area contributed by atoms with Crippen LogP contribution >= 0.6 is 0 Å². The lowest BCUT2D eigenvalue weighted by molar-refractivity contribution is 0.0536. The van der Waals surface area contributed by atoms with Crippen molar-refractivity contribution >= 4 is 11.6 Å². The van der Waals surface area contributed by atoms with Crippen LogP contribution in [0.3, 0.4) is 0 Å². The van der Waals surface area contributed by atoms with Gasteiger partial charge in [0.25, 0.3) is 5.91 Å². The molecule has 1 fully saturated rings. The summed E-state index contributed by atoms with van der Waals surface area (Å²) in [4.78, 5) is 11.9. The van der Waals surface area contributed by atoms with E-state index in [9.17, 15) is 4.79 Å². The molecule has 0 spiro atoms. The predicted molar refractivity (Wildman–Crippen MR) is 70.1 cm³/mol. The Morgan fingerprint density at radius 2 is 2.17 bits per heavy atom. The summed E-state index contributed by atoms with van der Waals surface area (Å²) in [6.07, 6.45) is 2.20. The largest absolute Gasteiger partial charge is 0.381 e. The number of ether oxygens (including phenoxy) is 1. The molecule has 1 aromatic rings. The molecule has 1 aliphatic rings. The zero-order chi connectivity index (χ0) is 12.8. The fourth-order valence-electron chi connectivity index (χ4n) is 2.03. The number of anilines is 1. The van der Waals surface area contributed by atoms with Gasteiger partial charge in [-0.25, -0.2) is 0 Å². The fraction of sp³-hybridized carbons (Fsp3) is 0.462. The Hall–Kier alpha value is -1.59. The van der Waals surface area contributed by atoms with Gasteiger partial charge in [0.15, 0.2) is 0 Å². The first-order valence-electron chi connectivity index (χ1n) is 6.22. The van der Waals surface area contributed by atoms with Crippen molar-refractivity contribution in [2.24, 2.45) is 11.8 Å². The second kappa shape index (κ2) is 6.37. The highest BCUT2D eigenvalue weighted by atomic mass is 16.5. The number of hydrogen-bond donors (Lipinski definition) is 3. The molecule has 18 heavy (non-hydrogen) atoms. The Balaban J connectivity index is 1.82. The highest BCUT2D eigenvalue weighted by molar-refractivity contribution is 5.94. The molecule has 0 radical (unpaired) electrons. The minimum atomic E-state index is -0.0517. The molecule has 0 bridgehead atoms. The molecule has 2 rings (SSSR count). The van der Waals surface area contributed by atoms with E-state index in [-0.39, 0.29) is 5.91 Å². The maximum atomic E-state index is 11.9. The van der Waals surface area contributed by atoms with Crippen molar-refractivity contribution in [3.63, 3.8) is 0 Å². The number of nitrogen functional groups attached to an aromatic ring is 1. The molecule has 1 aromatic carbocycles. The van der Waals surface area contributed by atoms with Crippen LogP contribution in [0.5, 0.6) is 0 Å². The van der Waals surface area contributed by atoms with Crippen molar-refractivity contribution in [1.29, 1.82) is 0 Å². The molecule has 1 aliphatic heterocycles. The standard InChI is InChI=1S/C13H19N3O2/c14-16-12-5-3-11(4-6-12)13(17)15-8-10-2-1-7-18-9-10/h3-6,10,16H,1-2,7-9,14H2,(H,15,17). The van der Waals surface area contributed by atoms with E-state index in [1.807, 2.05) is 0 Å². The number of rotatable bonds is 4. The molecular formula is C13H19N3O2. The number of hydrogen-bond acceptors (Lipinski definition) is 4. The monoisotopic (exact) mass is 249 g/mol. The number of nitrogens with one attached hydrogen (secondary N) is 2. The Morgan fingerprint density at radius 1 is 1.39 bits per heavy atom. The van der Waals surface area contributed by atoms with Gasteiger partial charge in [0, 0.05) is 24.4 Å². The maximum Gasteiger partial charge on any atom is 0.251 e. The average molecular weight is 249 g/mol. The van der Waals surface area contributed by atoms with Gasteiger partial charge in [0.05, 0.1) is 6.61 Å². The third-order valence-corrected chi connectivity index (χ3v) is 3.12. The van der Waals surface area contributed by atoms with Crippen molar-refractivity contribution < 1.29 is 9.53 Å². The molecule has 1 saturated heterocycles. The van der Waals surface area contributed by atoms with E-state index in [1.54, 1.807) is 24.3 Å². The topological polar surface area (TPSA) is 76.4 Å². The first-order valence-corrected chi connectivity index (χ1v) is 6.22. The highest BCUT2D eigenvalue weighted by Crippen LogP contribution is 2.13. The zero-order valence-corrected chi connectivity index (χ0v) is 10.3. The summed E-state index contributed by atoms with van der Waals surface area (Å²) < 4.78 is 5.38. The number of carbonyl (C=O) groups is 1. The highest BCUT2D eigenvalue weighted by Gasteiger charge is 2.15. The van der Waals surface area contributed by atoms with Crippen molar-refractivity contribution in [2.75, 3.05) is 25.2 Å². The molecule has 1 amide bonds. The van der Waals surface area contributed by atoms with E-state index in [2.05, 4.69) is 10.7 Å². The van der Waals surface area contributed by atoms with Crippen LogP contribution in [0, 0.1) is 5.92 Å². The van der Waals surface area contributed by atoms with E-state index in [1.165, 1.54) is 0 Å². The molecule has 1 heterocycles. The summed E-state index contributed by atoms with van der Waals surface area (Å²) in [5.41, 5.74) is 3.96. The van der Waals surface area contributed by atoms with Gasteiger partial charge >= 0.3 is 0 Å². The maximum absolute atomic E-state index is 11.9. The minimum absolute atomic E-state index is 0.0517. The van der Waals surface area contributed by atoms with Gasteiger partial charge in [-0.05, 0) is 43.0 Å². The minimum Gasteiger partial charge on any atom is -0.381 e. The summed E-state index contributed by atoms with van der Waals surface area (Å²) in [6.45, 7) is 2.27. The summed E-state index contributed by atoms with van der Waals surface area (Å²) in [7, 11) is 0. The van der Waals surface area contributed by atoms with Gasteiger partial charge in [-0.1, -0.05) is 0 Å². The summed E-state index contributed by atoms with van der Waals surface area (Å²) in [5, 5.41) is 2.94. The Labute approximate surface area is 107 Å². The first kappa shape index (κ1) is 12.9. The lowest BCUT2D eigenvalue weighted by atomic mass is 10.0. The van der Waals surface area contributed by atoms with Crippen LogP contribution < -0.4 is 16.6 Å². The zero-order valence-electron chi connectivity index (χ0n) is 10.3. The van der Waals surface area contributed by atoms with Crippen LogP contribution in [0.2, 0.25) is 0 Å². The lowest BCUT2D eigenvalue weighted by Gasteiger charge is -2.22. The molecular weight excluding hydrogens is 230 g/mol. The Kier molecular flexibility index (Phi) is 4.55. The van der Waals surface area contributed by atoms with Gasteiger partial charge in [0.2, 0.25) is 0 Å². The van der Waals surface area contributed by atoms with Crippen molar-refractivity contribution in [2.45, 2.75) is 12.8 Å². The molecule has 0 aliphatic carbocycles. The number of benzene rings is 1. The van der Waals surface area contributed by atoms with Crippen LogP contribution in [0.25, 0.3) is 0 Å². The first-order chi connectivity index (χ1) is 8.79. The van der Waals surface area contributed by atoms with Crippen molar-refractivity contribution in [1.82, 2.24) is 5.32 Å². The second-order valence-electron chi connectivity index (χ2n) is 4.51. The molecule has 1 unspecified atom stereocenters. The quantitative estimate of drug-likeness (QED) is 0.552. The van der Waals surface area contributed by atoms with E-state index in [0.29, 0.717) is 18.0 Å². The van der Waals surface area contributed by atoms with Crippen LogP contribution in [-0.2, 0) is 4.74 Å². The molecule has 0 aromatic heterocycles. The summed E-state index contributed by atoms with van der Waals surface area (Å²) >= 11 is 0. The third kappa shape index (κ3) is 3.45. The Morgan fingerprint density at radius 3 is 2.78 bits per heavy atom. The van der Waals surface area contributed by atoms with Gasteiger partial charge in [-0.15, -0.1) is 0 Å². The SMILES string of the molecule is NNc1ccc(C(=O)NCC2CCCOC2)cc1. The van der Waals surface area contributed by atoms with Gasteiger partial charge in [0.1, 0.15) is 0 Å². The number of amides is 1. The number of carbonyl (C=O) groups excluding carboxylic acids is 1.